The molecule has 0 unspecified atom stereocenters. The Hall–Kier alpha value is -1.24. The van der Waals surface area contributed by atoms with Crippen LogP contribution in [0.2, 0.25) is 0 Å². The third-order valence-corrected chi connectivity index (χ3v) is 8.54. The van der Waals surface area contributed by atoms with E-state index in [0.29, 0.717) is 11.5 Å². The number of ether oxygens (including phenoxy) is 5. The van der Waals surface area contributed by atoms with Crippen LogP contribution in [0.4, 0.5) is 0 Å². The number of hydroxylamine groups is 2. The lowest BCUT2D eigenvalue weighted by Crippen LogP contribution is -2.55. The maximum Gasteiger partial charge on any atom is 0.333 e. The molecule has 222 valence electrons. The molecule has 4 aliphatic heterocycles. The van der Waals surface area contributed by atoms with E-state index in [0.717, 1.165) is 30.8 Å². The highest BCUT2D eigenvalue weighted by Crippen LogP contribution is 2.44. The molecular weight excluding hydrogens is 526 g/mol. The van der Waals surface area contributed by atoms with Gasteiger partial charge in [0.05, 0.1) is 6.10 Å². The first kappa shape index (κ1) is 30.7. The van der Waals surface area contributed by atoms with Crippen LogP contribution in [0.5, 0.6) is 0 Å². The maximum atomic E-state index is 11.8. The van der Waals surface area contributed by atoms with Crippen LogP contribution >= 0.6 is 11.8 Å². The second-order valence-corrected chi connectivity index (χ2v) is 12.9. The van der Waals surface area contributed by atoms with Crippen molar-refractivity contribution in [1.82, 2.24) is 5.06 Å². The van der Waals surface area contributed by atoms with Crippen molar-refractivity contribution in [2.24, 2.45) is 0 Å². The molecule has 4 saturated heterocycles. The minimum Gasteiger partial charge on any atom is -0.343 e. The van der Waals surface area contributed by atoms with Crippen molar-refractivity contribution in [2.75, 3.05) is 11.5 Å². The van der Waals surface area contributed by atoms with Crippen LogP contribution in [-0.2, 0) is 42.9 Å². The Morgan fingerprint density at radius 2 is 1.33 bits per heavy atom. The number of unbranched alkanes of at least 4 members (excludes halogenated alkanes) is 8. The highest BCUT2D eigenvalue weighted by atomic mass is 32.2. The van der Waals surface area contributed by atoms with Crippen LogP contribution in [0.15, 0.2) is 0 Å². The molecule has 39 heavy (non-hydrogen) atoms. The van der Waals surface area contributed by atoms with E-state index in [1.165, 1.54) is 32.1 Å². The summed E-state index contributed by atoms with van der Waals surface area (Å²) in [6.45, 7) is 7.68. The van der Waals surface area contributed by atoms with Gasteiger partial charge in [-0.3, -0.25) is 9.59 Å². The van der Waals surface area contributed by atoms with Gasteiger partial charge in [0, 0.05) is 25.0 Å². The van der Waals surface area contributed by atoms with Gasteiger partial charge in [-0.05, 0) is 46.3 Å². The molecule has 11 heteroatoms. The van der Waals surface area contributed by atoms with Gasteiger partial charge in [-0.1, -0.05) is 44.9 Å². The van der Waals surface area contributed by atoms with Crippen LogP contribution in [0.25, 0.3) is 0 Å². The molecule has 0 aliphatic carbocycles. The number of amides is 2. The highest BCUT2D eigenvalue weighted by Gasteiger charge is 2.60. The SMILES string of the molecule is CC1(C)O[C@H]2[C@@H](O1)[C@@H](CSCCCCCCCCCCCC(=O)ON1C(=O)CCC1=O)O[C@@H]1OC(C)(C)O[C@@H]12. The summed E-state index contributed by atoms with van der Waals surface area (Å²) in [6, 6.07) is 0. The molecule has 5 atom stereocenters. The molecule has 4 heterocycles. The zero-order chi connectivity index (χ0) is 28.0. The van der Waals surface area contributed by atoms with Gasteiger partial charge in [-0.15, -0.1) is 5.06 Å². The van der Waals surface area contributed by atoms with Gasteiger partial charge in [0.25, 0.3) is 11.8 Å². The molecule has 10 nitrogen and oxygen atoms in total. The highest BCUT2D eigenvalue weighted by molar-refractivity contribution is 7.99. The van der Waals surface area contributed by atoms with Crippen molar-refractivity contribution in [1.29, 1.82) is 0 Å². The normalized spacial score (nSPS) is 31.0. The molecule has 0 N–H and O–H groups in total. The van der Waals surface area contributed by atoms with Crippen LogP contribution in [0.1, 0.15) is 105 Å². The lowest BCUT2D eigenvalue weighted by atomic mass is 10.00. The molecule has 4 fully saturated rings. The Morgan fingerprint density at radius 1 is 0.795 bits per heavy atom. The number of carbonyl (C=O) groups excluding carboxylic acids is 3. The average Bonchev–Trinajstić information content (AvgIpc) is 3.48. The van der Waals surface area contributed by atoms with Gasteiger partial charge in [-0.2, -0.15) is 11.8 Å². The summed E-state index contributed by atoms with van der Waals surface area (Å²) in [7, 11) is 0. The van der Waals surface area contributed by atoms with Gasteiger partial charge in [0.1, 0.15) is 18.3 Å². The molecule has 0 aromatic rings. The van der Waals surface area contributed by atoms with E-state index in [9.17, 15) is 14.4 Å². The van der Waals surface area contributed by atoms with Crippen molar-refractivity contribution in [2.45, 2.75) is 147 Å². The Balaban J connectivity index is 0.988. The zero-order valence-corrected chi connectivity index (χ0v) is 24.6. The van der Waals surface area contributed by atoms with Gasteiger partial charge >= 0.3 is 5.97 Å². The van der Waals surface area contributed by atoms with Gasteiger partial charge in [-0.25, -0.2) is 4.79 Å². The van der Waals surface area contributed by atoms with Crippen molar-refractivity contribution < 1.29 is 42.9 Å². The summed E-state index contributed by atoms with van der Waals surface area (Å²) in [5.41, 5.74) is 0. The summed E-state index contributed by atoms with van der Waals surface area (Å²) >= 11 is 1.90. The van der Waals surface area contributed by atoms with Crippen LogP contribution in [0.3, 0.4) is 0 Å². The lowest BCUT2D eigenvalue weighted by Gasteiger charge is -2.37. The first-order valence-electron chi connectivity index (χ1n) is 14.6. The number of nitrogens with zero attached hydrogens (tertiary/aromatic N) is 1. The number of hydrogen-bond donors (Lipinski definition) is 0. The summed E-state index contributed by atoms with van der Waals surface area (Å²) < 4.78 is 30.7. The third-order valence-electron chi connectivity index (χ3n) is 7.40. The van der Waals surface area contributed by atoms with Gasteiger partial charge in [0.15, 0.2) is 17.9 Å². The minimum atomic E-state index is -0.690. The topological polar surface area (TPSA) is 110 Å². The second kappa shape index (κ2) is 13.6. The number of carbonyl (C=O) groups is 3. The molecule has 0 aromatic heterocycles. The van der Waals surface area contributed by atoms with Crippen molar-refractivity contribution in [3.8, 4) is 0 Å². The lowest BCUT2D eigenvalue weighted by molar-refractivity contribution is -0.228. The van der Waals surface area contributed by atoms with Crippen LogP contribution in [-0.4, -0.2) is 76.6 Å². The Morgan fingerprint density at radius 3 is 2.00 bits per heavy atom. The molecule has 4 aliphatic rings. The minimum absolute atomic E-state index is 0.0902. The third kappa shape index (κ3) is 8.63. The summed E-state index contributed by atoms with van der Waals surface area (Å²) in [5.74, 6) is -0.793. The summed E-state index contributed by atoms with van der Waals surface area (Å²) in [5, 5.41) is 0.620. The number of hydrogen-bond acceptors (Lipinski definition) is 10. The predicted molar refractivity (Wildman–Crippen MR) is 143 cm³/mol. The van der Waals surface area contributed by atoms with Gasteiger partial charge < -0.3 is 28.5 Å². The van der Waals surface area contributed by atoms with Crippen LogP contribution < -0.4 is 0 Å². The molecule has 0 radical (unpaired) electrons. The Bertz CT molecular complexity index is 850. The first-order valence-corrected chi connectivity index (χ1v) is 15.7. The largest absolute Gasteiger partial charge is 0.343 e. The molecular formula is C28H45NO9S. The average molecular weight is 572 g/mol. The van der Waals surface area contributed by atoms with E-state index < -0.39 is 35.6 Å². The smallest absolute Gasteiger partial charge is 0.333 e. The van der Waals surface area contributed by atoms with E-state index >= 15 is 0 Å². The fourth-order valence-corrected chi connectivity index (χ4v) is 6.62. The summed E-state index contributed by atoms with van der Waals surface area (Å²) in [6.07, 6.45) is 9.26. The fraction of sp³-hybridized carbons (Fsp3) is 0.893. The molecule has 4 rings (SSSR count). The predicted octanol–water partition coefficient (Wildman–Crippen LogP) is 4.62. The van der Waals surface area contributed by atoms with E-state index in [4.69, 9.17) is 28.5 Å². The molecule has 0 bridgehead atoms. The first-order chi connectivity index (χ1) is 18.5. The van der Waals surface area contributed by atoms with Crippen LogP contribution in [0, 0.1) is 0 Å². The molecule has 0 aromatic carbocycles. The van der Waals surface area contributed by atoms with Gasteiger partial charge in [0.2, 0.25) is 0 Å². The van der Waals surface area contributed by atoms with E-state index in [1.807, 2.05) is 39.5 Å². The summed E-state index contributed by atoms with van der Waals surface area (Å²) in [4.78, 5) is 39.6. The standard InChI is InChI=1S/C28H45NO9S/c1-27(2)34-23-19(33-26-25(24(23)35-27)36-28(3,4)37-26)18-39-17-13-11-9-7-5-6-8-10-12-14-22(32)38-29-20(30)15-16-21(29)31/h19,23-26H,5-18H2,1-4H3/t19-,23+,24+,25-,26-/m1/s1. The molecule has 0 saturated carbocycles. The number of rotatable bonds is 15. The van der Waals surface area contributed by atoms with Crippen molar-refractivity contribution >= 4 is 29.5 Å². The fourth-order valence-electron chi connectivity index (χ4n) is 5.54. The van der Waals surface area contributed by atoms with E-state index in [2.05, 4.69) is 0 Å². The Kier molecular flexibility index (Phi) is 10.7. The number of fused-ring (bicyclic) bond motifs is 3. The second-order valence-electron chi connectivity index (χ2n) is 11.8. The van der Waals surface area contributed by atoms with Crippen molar-refractivity contribution in [3.05, 3.63) is 0 Å². The van der Waals surface area contributed by atoms with E-state index in [1.54, 1.807) is 0 Å². The monoisotopic (exact) mass is 571 g/mol. The van der Waals surface area contributed by atoms with Crippen molar-refractivity contribution in [3.63, 3.8) is 0 Å². The molecule has 2 amide bonds. The van der Waals surface area contributed by atoms with E-state index in [-0.39, 0.29) is 43.7 Å². The zero-order valence-electron chi connectivity index (χ0n) is 23.8. The molecule has 0 spiro atoms. The quantitative estimate of drug-likeness (QED) is 0.204. The number of imide groups is 1. The Labute approximate surface area is 236 Å². The maximum absolute atomic E-state index is 11.8. The number of thioether (sulfide) groups is 1.